The maximum absolute atomic E-state index is 4.99. The van der Waals surface area contributed by atoms with E-state index in [0.29, 0.717) is 6.67 Å². The molecule has 0 radical (unpaired) electrons. The van der Waals surface area contributed by atoms with Crippen LogP contribution in [0.25, 0.3) is 30.9 Å². The van der Waals surface area contributed by atoms with E-state index >= 15 is 0 Å². The maximum Gasteiger partial charge on any atom is 0.108 e. The van der Waals surface area contributed by atoms with Crippen LogP contribution >= 0.6 is 22.7 Å². The number of rotatable bonds is 1. The fourth-order valence-electron chi connectivity index (χ4n) is 4.88. The third-order valence-corrected chi connectivity index (χ3v) is 9.05. The van der Waals surface area contributed by atoms with Gasteiger partial charge in [0.15, 0.2) is 0 Å². The van der Waals surface area contributed by atoms with Crippen LogP contribution < -0.4 is 5.32 Å². The summed E-state index contributed by atoms with van der Waals surface area (Å²) in [5, 5.41) is 8.99. The minimum absolute atomic E-state index is 0.0598. The quantitative estimate of drug-likeness (QED) is 0.270. The highest BCUT2D eigenvalue weighted by molar-refractivity contribution is 7.24. The van der Waals surface area contributed by atoms with E-state index in [1.165, 1.54) is 63.1 Å². The molecule has 160 valence electrons. The molecule has 3 aromatic carbocycles. The average Bonchev–Trinajstić information content (AvgIpc) is 3.29. The van der Waals surface area contributed by atoms with Crippen LogP contribution in [-0.4, -0.2) is 12.4 Å². The van der Waals surface area contributed by atoms with E-state index in [2.05, 4.69) is 88.5 Å². The highest BCUT2D eigenvalue weighted by Gasteiger charge is 2.26. The highest BCUT2D eigenvalue weighted by Crippen LogP contribution is 2.46. The summed E-state index contributed by atoms with van der Waals surface area (Å²) in [5.41, 5.74) is 6.44. The van der Waals surface area contributed by atoms with Gasteiger partial charge in [-0.2, -0.15) is 0 Å². The Morgan fingerprint density at radius 2 is 1.75 bits per heavy atom. The van der Waals surface area contributed by atoms with Crippen molar-refractivity contribution in [1.29, 1.82) is 0 Å². The van der Waals surface area contributed by atoms with E-state index in [4.69, 9.17) is 4.99 Å². The first-order valence-corrected chi connectivity index (χ1v) is 12.7. The second kappa shape index (κ2) is 6.90. The smallest absolute Gasteiger partial charge is 0.108 e. The van der Waals surface area contributed by atoms with Gasteiger partial charge in [-0.1, -0.05) is 51.1 Å². The summed E-state index contributed by atoms with van der Waals surface area (Å²) in [6, 6.07) is 18.0. The monoisotopic (exact) mass is 454 g/mol. The average molecular weight is 455 g/mol. The standard InChI is InChI=1S/C28H26N2S2/c1-15-16(2)31-26-19(15)10-11-22-23(26)25-27(32-22)24(29-14-30-25)18-12-17-8-6-7-9-20(17)21(13-18)28(3,4)5/h6-13,30H,14H2,1-5H3. The summed E-state index contributed by atoms with van der Waals surface area (Å²) in [4.78, 5) is 7.65. The van der Waals surface area contributed by atoms with Crippen LogP contribution in [-0.2, 0) is 5.41 Å². The molecule has 5 aromatic rings. The third-order valence-electron chi connectivity index (χ3n) is 6.65. The Hall–Kier alpha value is -2.69. The van der Waals surface area contributed by atoms with Crippen LogP contribution in [0.4, 0.5) is 5.69 Å². The van der Waals surface area contributed by atoms with Crippen LogP contribution in [0, 0.1) is 13.8 Å². The molecule has 6 rings (SSSR count). The van der Waals surface area contributed by atoms with Crippen molar-refractivity contribution in [3.63, 3.8) is 0 Å². The number of thiophene rings is 2. The number of fused-ring (bicyclic) bond motifs is 6. The summed E-state index contributed by atoms with van der Waals surface area (Å²) in [6.45, 7) is 12.0. The molecule has 0 amide bonds. The molecule has 0 atom stereocenters. The topological polar surface area (TPSA) is 24.4 Å². The Balaban J connectivity index is 1.62. The Kier molecular flexibility index (Phi) is 4.30. The van der Waals surface area contributed by atoms with Crippen molar-refractivity contribution in [1.82, 2.24) is 0 Å². The van der Waals surface area contributed by atoms with Gasteiger partial charge in [-0.05, 0) is 64.7 Å². The van der Waals surface area contributed by atoms with E-state index in [1.54, 1.807) is 0 Å². The fraction of sp³-hybridized carbons (Fsp3) is 0.250. The molecule has 0 spiro atoms. The first-order chi connectivity index (χ1) is 15.3. The van der Waals surface area contributed by atoms with Crippen molar-refractivity contribution in [2.45, 2.75) is 40.0 Å². The molecule has 0 fully saturated rings. The molecular formula is C28H26N2S2. The van der Waals surface area contributed by atoms with Gasteiger partial charge in [0.05, 0.1) is 16.3 Å². The Morgan fingerprint density at radius 1 is 0.938 bits per heavy atom. The molecule has 1 aliphatic rings. The van der Waals surface area contributed by atoms with Crippen molar-refractivity contribution in [3.8, 4) is 0 Å². The first kappa shape index (κ1) is 20.0. The molecule has 1 aliphatic heterocycles. The normalized spacial score (nSPS) is 14.1. The Morgan fingerprint density at radius 3 is 2.56 bits per heavy atom. The predicted octanol–water partition coefficient (Wildman–Crippen LogP) is 8.40. The van der Waals surface area contributed by atoms with Crippen molar-refractivity contribution in [2.75, 3.05) is 12.0 Å². The number of hydrogen-bond acceptors (Lipinski definition) is 4. The Bertz CT molecular complexity index is 1570. The molecule has 0 saturated carbocycles. The minimum atomic E-state index is 0.0598. The summed E-state index contributed by atoms with van der Waals surface area (Å²) in [5.74, 6) is 0. The second-order valence-electron chi connectivity index (χ2n) is 9.74. The van der Waals surface area contributed by atoms with Gasteiger partial charge in [0, 0.05) is 25.2 Å². The lowest BCUT2D eigenvalue weighted by atomic mass is 9.82. The number of benzene rings is 3. The molecule has 2 nitrogen and oxygen atoms in total. The zero-order chi connectivity index (χ0) is 22.2. The van der Waals surface area contributed by atoms with Crippen LogP contribution in [0.2, 0.25) is 0 Å². The number of nitrogens with zero attached hydrogens (tertiary/aromatic N) is 1. The molecule has 0 bridgehead atoms. The van der Waals surface area contributed by atoms with Crippen LogP contribution in [0.1, 0.15) is 47.2 Å². The van der Waals surface area contributed by atoms with Crippen LogP contribution in [0.15, 0.2) is 53.5 Å². The van der Waals surface area contributed by atoms with E-state index in [0.717, 1.165) is 5.71 Å². The first-order valence-electron chi connectivity index (χ1n) is 11.1. The van der Waals surface area contributed by atoms with E-state index in [1.807, 2.05) is 22.7 Å². The third kappa shape index (κ3) is 2.86. The van der Waals surface area contributed by atoms with Gasteiger partial charge in [0.1, 0.15) is 6.67 Å². The van der Waals surface area contributed by atoms with Gasteiger partial charge in [-0.3, -0.25) is 4.99 Å². The molecule has 1 N–H and O–H groups in total. The lowest BCUT2D eigenvalue weighted by molar-refractivity contribution is 0.596. The van der Waals surface area contributed by atoms with Gasteiger partial charge in [0.2, 0.25) is 0 Å². The highest BCUT2D eigenvalue weighted by atomic mass is 32.1. The van der Waals surface area contributed by atoms with Gasteiger partial charge in [-0.15, -0.1) is 22.7 Å². The number of aliphatic imine (C=N–C) groups is 1. The summed E-state index contributed by atoms with van der Waals surface area (Å²) in [6.07, 6.45) is 0. The molecule has 2 aromatic heterocycles. The molecule has 3 heterocycles. The minimum Gasteiger partial charge on any atom is -0.364 e. The van der Waals surface area contributed by atoms with E-state index < -0.39 is 0 Å². The van der Waals surface area contributed by atoms with Crippen molar-refractivity contribution in [2.24, 2.45) is 4.99 Å². The Labute approximate surface area is 196 Å². The van der Waals surface area contributed by atoms with Crippen LogP contribution in [0.3, 0.4) is 0 Å². The number of anilines is 1. The van der Waals surface area contributed by atoms with Crippen molar-refractivity contribution >= 4 is 65.0 Å². The van der Waals surface area contributed by atoms with E-state index in [-0.39, 0.29) is 5.41 Å². The molecule has 0 saturated heterocycles. The lowest BCUT2D eigenvalue weighted by Gasteiger charge is -2.24. The van der Waals surface area contributed by atoms with Crippen LogP contribution in [0.5, 0.6) is 0 Å². The number of hydrogen-bond donors (Lipinski definition) is 1. The lowest BCUT2D eigenvalue weighted by Crippen LogP contribution is -2.17. The second-order valence-corrected chi connectivity index (χ2v) is 12.0. The molecule has 4 heteroatoms. The summed E-state index contributed by atoms with van der Waals surface area (Å²) >= 11 is 3.78. The zero-order valence-corrected chi connectivity index (χ0v) is 20.7. The number of nitrogens with one attached hydrogen (secondary N) is 1. The molecule has 32 heavy (non-hydrogen) atoms. The van der Waals surface area contributed by atoms with Gasteiger partial charge >= 0.3 is 0 Å². The fourth-order valence-corrected chi connectivity index (χ4v) is 7.37. The van der Waals surface area contributed by atoms with Gasteiger partial charge in [0.25, 0.3) is 0 Å². The van der Waals surface area contributed by atoms with E-state index in [9.17, 15) is 0 Å². The molecule has 0 aliphatic carbocycles. The predicted molar refractivity (Wildman–Crippen MR) is 143 cm³/mol. The van der Waals surface area contributed by atoms with Gasteiger partial charge in [-0.25, -0.2) is 0 Å². The summed E-state index contributed by atoms with van der Waals surface area (Å²) in [7, 11) is 0. The SMILES string of the molecule is Cc1sc2c(ccc3sc4c(c32)NCN=C4c2cc(C(C)(C)C)c3ccccc3c2)c1C. The molecule has 0 unspecified atom stereocenters. The van der Waals surface area contributed by atoms with Crippen molar-refractivity contribution < 1.29 is 0 Å². The number of aryl methyl sites for hydroxylation is 2. The summed E-state index contributed by atoms with van der Waals surface area (Å²) < 4.78 is 2.74. The molecular weight excluding hydrogens is 428 g/mol. The maximum atomic E-state index is 4.99. The van der Waals surface area contributed by atoms with Crippen molar-refractivity contribution in [3.05, 3.63) is 75.0 Å². The largest absolute Gasteiger partial charge is 0.364 e. The van der Waals surface area contributed by atoms with Gasteiger partial charge < -0.3 is 5.32 Å². The zero-order valence-electron chi connectivity index (χ0n) is 19.1.